The number of nitrogens with zero attached hydrogens (tertiary/aromatic N) is 2. The standard InChI is InChI=1S/C21H21FIN3O4S/c1-3-4-5-10-26(31(2,28)29)20-14(12-23)11-16-17(19(24)27)18(30-21(16)25-20)13-6-8-15(22)9-7-13/h3,6-9,11H,1,4-5,10,12H2,2H3,(H2,24,27). The third-order valence-corrected chi connectivity index (χ3v) is 6.62. The van der Waals surface area contributed by atoms with Crippen LogP contribution in [-0.4, -0.2) is 32.1 Å². The molecule has 1 amide bonds. The van der Waals surface area contributed by atoms with Crippen LogP contribution >= 0.6 is 22.6 Å². The molecule has 0 spiro atoms. The van der Waals surface area contributed by atoms with Gasteiger partial charge < -0.3 is 10.2 Å². The number of alkyl halides is 1. The fraction of sp³-hybridized carbons (Fsp3) is 0.238. The van der Waals surface area contributed by atoms with E-state index in [0.717, 1.165) is 6.26 Å². The number of hydrogen-bond acceptors (Lipinski definition) is 5. The molecule has 0 saturated heterocycles. The number of fused-ring (bicyclic) bond motifs is 1. The molecule has 1 aromatic carbocycles. The van der Waals surface area contributed by atoms with Crippen LogP contribution in [0.3, 0.4) is 0 Å². The number of sulfonamides is 1. The minimum absolute atomic E-state index is 0.0779. The number of unbranched alkanes of at least 4 members (excludes halogenated alkanes) is 1. The lowest BCUT2D eigenvalue weighted by Gasteiger charge is -2.23. The van der Waals surface area contributed by atoms with E-state index < -0.39 is 21.7 Å². The van der Waals surface area contributed by atoms with Gasteiger partial charge in [0.2, 0.25) is 15.7 Å². The van der Waals surface area contributed by atoms with Crippen molar-refractivity contribution in [2.24, 2.45) is 5.73 Å². The average molecular weight is 557 g/mol. The number of anilines is 1. The number of benzene rings is 1. The molecule has 2 aromatic heterocycles. The van der Waals surface area contributed by atoms with Gasteiger partial charge in [-0.15, -0.1) is 6.58 Å². The molecule has 7 nitrogen and oxygen atoms in total. The summed E-state index contributed by atoms with van der Waals surface area (Å²) in [5, 5.41) is 0.377. The zero-order chi connectivity index (χ0) is 22.8. The van der Waals surface area contributed by atoms with Crippen LogP contribution in [0.4, 0.5) is 10.2 Å². The number of allylic oxidation sites excluding steroid dienone is 1. The number of halogens is 2. The molecule has 0 aliphatic carbocycles. The van der Waals surface area contributed by atoms with Crippen molar-refractivity contribution in [3.05, 3.63) is 59.9 Å². The molecule has 3 rings (SSSR count). The predicted octanol–water partition coefficient (Wildman–Crippen LogP) is 4.40. The van der Waals surface area contributed by atoms with E-state index in [1.165, 1.54) is 28.6 Å². The predicted molar refractivity (Wildman–Crippen MR) is 127 cm³/mol. The van der Waals surface area contributed by atoms with Gasteiger partial charge in [0.15, 0.2) is 0 Å². The van der Waals surface area contributed by atoms with Gasteiger partial charge in [-0.1, -0.05) is 28.7 Å². The quantitative estimate of drug-likeness (QED) is 0.182. The number of furan rings is 1. The fourth-order valence-corrected chi connectivity index (χ4v) is 4.72. The fourth-order valence-electron chi connectivity index (χ4n) is 3.23. The van der Waals surface area contributed by atoms with Gasteiger partial charge in [-0.05, 0) is 43.2 Å². The van der Waals surface area contributed by atoms with Crippen LogP contribution in [0.25, 0.3) is 22.4 Å². The number of carbonyl (C=O) groups is 1. The number of carbonyl (C=O) groups excluding carboxylic acids is 1. The maximum Gasteiger partial charge on any atom is 0.253 e. The second-order valence-corrected chi connectivity index (χ2v) is 9.57. The normalized spacial score (nSPS) is 11.6. The summed E-state index contributed by atoms with van der Waals surface area (Å²) in [6.45, 7) is 3.89. The van der Waals surface area contributed by atoms with E-state index in [9.17, 15) is 17.6 Å². The molecule has 2 N–H and O–H groups in total. The van der Waals surface area contributed by atoms with Crippen molar-refractivity contribution < 1.29 is 22.0 Å². The lowest BCUT2D eigenvalue weighted by molar-refractivity contribution is 0.100. The maximum atomic E-state index is 13.3. The van der Waals surface area contributed by atoms with Crippen molar-refractivity contribution in [1.29, 1.82) is 0 Å². The second-order valence-electron chi connectivity index (χ2n) is 6.90. The minimum Gasteiger partial charge on any atom is -0.437 e. The van der Waals surface area contributed by atoms with Gasteiger partial charge >= 0.3 is 0 Å². The first kappa shape index (κ1) is 23.2. The Hall–Kier alpha value is -2.47. The van der Waals surface area contributed by atoms with Crippen molar-refractivity contribution in [2.45, 2.75) is 17.3 Å². The summed E-state index contributed by atoms with van der Waals surface area (Å²) in [6, 6.07) is 7.10. The molecule has 0 saturated carbocycles. The molecule has 0 atom stereocenters. The van der Waals surface area contributed by atoms with Gasteiger partial charge in [0.1, 0.15) is 17.4 Å². The van der Waals surface area contributed by atoms with Crippen molar-refractivity contribution >= 4 is 55.4 Å². The highest BCUT2D eigenvalue weighted by molar-refractivity contribution is 14.1. The number of nitrogens with two attached hydrogens (primary N) is 1. The largest absolute Gasteiger partial charge is 0.437 e. The molecule has 31 heavy (non-hydrogen) atoms. The van der Waals surface area contributed by atoms with Crippen LogP contribution in [0, 0.1) is 5.82 Å². The highest BCUT2D eigenvalue weighted by atomic mass is 127. The first-order valence-corrected chi connectivity index (χ1v) is 12.7. The summed E-state index contributed by atoms with van der Waals surface area (Å²) >= 11 is 2.10. The number of amides is 1. The summed E-state index contributed by atoms with van der Waals surface area (Å²) in [6.07, 6.45) is 4.05. The number of aromatic nitrogens is 1. The molecule has 0 aliphatic heterocycles. The topological polar surface area (TPSA) is 106 Å². The number of pyridine rings is 1. The molecule has 164 valence electrons. The van der Waals surface area contributed by atoms with Crippen molar-refractivity contribution in [1.82, 2.24) is 4.98 Å². The first-order valence-electron chi connectivity index (χ1n) is 9.34. The van der Waals surface area contributed by atoms with Crippen molar-refractivity contribution in [3.8, 4) is 11.3 Å². The molecule has 0 radical (unpaired) electrons. The number of hydrogen-bond donors (Lipinski definition) is 1. The smallest absolute Gasteiger partial charge is 0.253 e. The lowest BCUT2D eigenvalue weighted by atomic mass is 10.0. The van der Waals surface area contributed by atoms with Crippen LogP contribution < -0.4 is 10.0 Å². The number of primary amides is 1. The highest BCUT2D eigenvalue weighted by Gasteiger charge is 2.27. The highest BCUT2D eigenvalue weighted by Crippen LogP contribution is 2.36. The monoisotopic (exact) mass is 557 g/mol. The van der Waals surface area contributed by atoms with E-state index >= 15 is 0 Å². The van der Waals surface area contributed by atoms with Crippen LogP contribution in [0.1, 0.15) is 28.8 Å². The van der Waals surface area contributed by atoms with E-state index in [1.807, 2.05) is 0 Å². The first-order chi connectivity index (χ1) is 14.7. The third kappa shape index (κ3) is 4.90. The average Bonchev–Trinajstić information content (AvgIpc) is 3.08. The summed E-state index contributed by atoms with van der Waals surface area (Å²) in [5.74, 6) is -0.762. The van der Waals surface area contributed by atoms with E-state index in [0.29, 0.717) is 33.8 Å². The van der Waals surface area contributed by atoms with E-state index in [1.54, 1.807) is 12.1 Å². The van der Waals surface area contributed by atoms with Crippen molar-refractivity contribution in [3.63, 3.8) is 0 Å². The third-order valence-electron chi connectivity index (χ3n) is 4.64. The summed E-state index contributed by atoms with van der Waals surface area (Å²) in [7, 11) is -3.62. The lowest BCUT2D eigenvalue weighted by Crippen LogP contribution is -2.32. The van der Waals surface area contributed by atoms with Gasteiger partial charge in [0.05, 0.1) is 17.2 Å². The molecule has 0 aliphatic rings. The van der Waals surface area contributed by atoms with Gasteiger partial charge in [-0.2, -0.15) is 4.98 Å². The molecular weight excluding hydrogens is 536 g/mol. The molecule has 2 heterocycles. The van der Waals surface area contributed by atoms with Crippen molar-refractivity contribution in [2.75, 3.05) is 17.1 Å². The van der Waals surface area contributed by atoms with Crippen LogP contribution in [0.5, 0.6) is 0 Å². The Kier molecular flexibility index (Phi) is 6.99. The molecule has 0 fully saturated rings. The molecule has 10 heteroatoms. The Bertz CT molecular complexity index is 1240. The minimum atomic E-state index is -3.62. The van der Waals surface area contributed by atoms with Crippen LogP contribution in [0.15, 0.2) is 47.4 Å². The number of rotatable bonds is 9. The molecule has 0 bridgehead atoms. The Labute approximate surface area is 193 Å². The van der Waals surface area contributed by atoms with E-state index in [2.05, 4.69) is 34.2 Å². The van der Waals surface area contributed by atoms with E-state index in [-0.39, 0.29) is 29.4 Å². The zero-order valence-electron chi connectivity index (χ0n) is 16.8. The van der Waals surface area contributed by atoms with Crippen LogP contribution in [-0.2, 0) is 14.5 Å². The Morgan fingerprint density at radius 3 is 2.58 bits per heavy atom. The Morgan fingerprint density at radius 1 is 1.35 bits per heavy atom. The van der Waals surface area contributed by atoms with Crippen LogP contribution in [0.2, 0.25) is 0 Å². The molecule has 3 aromatic rings. The summed E-state index contributed by atoms with van der Waals surface area (Å²) in [5.41, 5.74) is 6.88. The Balaban J connectivity index is 2.24. The zero-order valence-corrected chi connectivity index (χ0v) is 19.7. The maximum absolute atomic E-state index is 13.3. The molecule has 0 unspecified atom stereocenters. The SMILES string of the molecule is C=CCCCN(c1nc2oc(-c3ccc(F)cc3)c(C(N)=O)c2cc1CI)S(C)(=O)=O. The second kappa shape index (κ2) is 9.35. The summed E-state index contributed by atoms with van der Waals surface area (Å²) in [4.78, 5) is 16.7. The van der Waals surface area contributed by atoms with Gasteiger partial charge in [-0.3, -0.25) is 9.10 Å². The Morgan fingerprint density at radius 2 is 2.03 bits per heavy atom. The van der Waals surface area contributed by atoms with Gasteiger partial charge in [-0.25, -0.2) is 12.8 Å². The van der Waals surface area contributed by atoms with E-state index in [4.69, 9.17) is 10.2 Å². The van der Waals surface area contributed by atoms with Gasteiger partial charge in [0, 0.05) is 22.1 Å². The van der Waals surface area contributed by atoms with Gasteiger partial charge in [0.25, 0.3) is 5.91 Å². The molecular formula is C21H21FIN3O4S. The summed E-state index contributed by atoms with van der Waals surface area (Å²) < 4.78 is 45.8.